The number of likely N-dealkylation sites (tertiary alicyclic amines) is 1. The molecule has 0 atom stereocenters. The smallest absolute Gasteiger partial charge is 0.277 e. The van der Waals surface area contributed by atoms with Gasteiger partial charge in [0.25, 0.3) is 11.8 Å². The molecule has 6 nitrogen and oxygen atoms in total. The van der Waals surface area contributed by atoms with Crippen LogP contribution in [0.4, 0.5) is 0 Å². The standard InChI is InChI=1S/C22H31N3O3/c1-5-13-25-21(26)19(16-7-9-18(10-8-16)28-6-2)20(22(25)27)24(4)17-11-14-23(3)15-12-17/h7-10,17H,5-6,11-15H2,1-4H3. The lowest BCUT2D eigenvalue weighted by Gasteiger charge is -2.36. The lowest BCUT2D eigenvalue weighted by atomic mass is 10.00. The van der Waals surface area contributed by atoms with Crippen LogP contribution in [-0.4, -0.2) is 72.9 Å². The van der Waals surface area contributed by atoms with Crippen LogP contribution in [0.2, 0.25) is 0 Å². The van der Waals surface area contributed by atoms with Crippen molar-refractivity contribution in [1.82, 2.24) is 14.7 Å². The summed E-state index contributed by atoms with van der Waals surface area (Å²) in [4.78, 5) is 32.1. The molecule has 0 spiro atoms. The van der Waals surface area contributed by atoms with E-state index < -0.39 is 0 Å². The van der Waals surface area contributed by atoms with Gasteiger partial charge in [0.2, 0.25) is 0 Å². The number of rotatable bonds is 7. The Morgan fingerprint density at radius 3 is 2.29 bits per heavy atom. The molecule has 0 radical (unpaired) electrons. The molecule has 1 fully saturated rings. The lowest BCUT2D eigenvalue weighted by molar-refractivity contribution is -0.137. The molecule has 0 N–H and O–H groups in total. The van der Waals surface area contributed by atoms with Crippen LogP contribution in [0.25, 0.3) is 5.57 Å². The number of benzene rings is 1. The Morgan fingerprint density at radius 1 is 1.07 bits per heavy atom. The number of hydrogen-bond donors (Lipinski definition) is 0. The van der Waals surface area contributed by atoms with Crippen LogP contribution >= 0.6 is 0 Å². The average Bonchev–Trinajstić information content (AvgIpc) is 2.94. The van der Waals surface area contributed by atoms with Gasteiger partial charge in [-0.2, -0.15) is 0 Å². The first kappa shape index (κ1) is 20.4. The van der Waals surface area contributed by atoms with E-state index in [1.807, 2.05) is 45.2 Å². The normalized spacial score (nSPS) is 18.9. The third-order valence-electron chi connectivity index (χ3n) is 5.63. The largest absolute Gasteiger partial charge is 0.494 e. The van der Waals surface area contributed by atoms with E-state index in [0.29, 0.717) is 24.4 Å². The molecule has 28 heavy (non-hydrogen) atoms. The van der Waals surface area contributed by atoms with Gasteiger partial charge in [-0.25, -0.2) is 0 Å². The second-order valence-corrected chi connectivity index (χ2v) is 7.59. The number of amides is 2. The summed E-state index contributed by atoms with van der Waals surface area (Å²) in [5.41, 5.74) is 1.83. The van der Waals surface area contributed by atoms with Gasteiger partial charge < -0.3 is 14.5 Å². The monoisotopic (exact) mass is 385 g/mol. The van der Waals surface area contributed by atoms with E-state index in [0.717, 1.165) is 43.7 Å². The summed E-state index contributed by atoms with van der Waals surface area (Å²) in [6.07, 6.45) is 2.73. The molecule has 0 aliphatic carbocycles. The highest BCUT2D eigenvalue weighted by molar-refractivity contribution is 6.35. The number of nitrogens with zero attached hydrogens (tertiary/aromatic N) is 3. The zero-order chi connectivity index (χ0) is 20.3. The van der Waals surface area contributed by atoms with Crippen LogP contribution in [0.1, 0.15) is 38.7 Å². The van der Waals surface area contributed by atoms with Gasteiger partial charge in [-0.15, -0.1) is 0 Å². The number of carbonyl (C=O) groups excluding carboxylic acids is 2. The average molecular weight is 386 g/mol. The molecule has 0 saturated carbocycles. The summed E-state index contributed by atoms with van der Waals surface area (Å²) in [5.74, 6) is 0.405. The fourth-order valence-corrected chi connectivity index (χ4v) is 4.03. The van der Waals surface area contributed by atoms with Crippen LogP contribution in [0.3, 0.4) is 0 Å². The summed E-state index contributed by atoms with van der Waals surface area (Å²) in [7, 11) is 4.08. The molecule has 0 aromatic heterocycles. The second kappa shape index (κ2) is 8.78. The van der Waals surface area contributed by atoms with Crippen molar-refractivity contribution in [2.75, 3.05) is 40.3 Å². The van der Waals surface area contributed by atoms with Gasteiger partial charge in [-0.3, -0.25) is 14.5 Å². The third kappa shape index (κ3) is 3.92. The maximum atomic E-state index is 13.2. The van der Waals surface area contributed by atoms with Crippen LogP contribution in [0.5, 0.6) is 5.75 Å². The molecule has 1 saturated heterocycles. The molecule has 1 aromatic carbocycles. The number of ether oxygens (including phenoxy) is 1. The van der Waals surface area contributed by atoms with E-state index in [1.165, 1.54) is 4.90 Å². The summed E-state index contributed by atoms with van der Waals surface area (Å²) in [6, 6.07) is 7.74. The van der Waals surface area contributed by atoms with Crippen molar-refractivity contribution in [1.29, 1.82) is 0 Å². The molecule has 2 amide bonds. The number of carbonyl (C=O) groups is 2. The predicted molar refractivity (Wildman–Crippen MR) is 110 cm³/mol. The SMILES string of the molecule is CCCN1C(=O)C(c2ccc(OCC)cc2)=C(N(C)C2CCN(C)CC2)C1=O. The number of hydrogen-bond acceptors (Lipinski definition) is 5. The van der Waals surface area contributed by atoms with Gasteiger partial charge >= 0.3 is 0 Å². The molecule has 1 aromatic rings. The first-order chi connectivity index (χ1) is 13.5. The second-order valence-electron chi connectivity index (χ2n) is 7.59. The van der Waals surface area contributed by atoms with Crippen molar-refractivity contribution in [3.8, 4) is 5.75 Å². The molecule has 2 aliphatic heterocycles. The Morgan fingerprint density at radius 2 is 1.71 bits per heavy atom. The fourth-order valence-electron chi connectivity index (χ4n) is 4.03. The molecule has 6 heteroatoms. The van der Waals surface area contributed by atoms with Crippen LogP contribution in [0, 0.1) is 0 Å². The van der Waals surface area contributed by atoms with E-state index in [2.05, 4.69) is 16.8 Å². The van der Waals surface area contributed by atoms with Gasteiger partial charge in [0.1, 0.15) is 11.4 Å². The molecular weight excluding hydrogens is 354 g/mol. The molecular formula is C22H31N3O3. The zero-order valence-electron chi connectivity index (χ0n) is 17.4. The molecule has 3 rings (SSSR count). The topological polar surface area (TPSA) is 53.1 Å². The highest BCUT2D eigenvalue weighted by Gasteiger charge is 2.41. The number of piperidine rings is 1. The molecule has 0 unspecified atom stereocenters. The Labute approximate surface area is 167 Å². The maximum Gasteiger partial charge on any atom is 0.277 e. The Bertz CT molecular complexity index is 749. The van der Waals surface area contributed by atoms with Crippen molar-refractivity contribution in [3.05, 3.63) is 35.5 Å². The molecule has 2 aliphatic rings. The van der Waals surface area contributed by atoms with Crippen LogP contribution in [-0.2, 0) is 9.59 Å². The van der Waals surface area contributed by atoms with E-state index in [1.54, 1.807) is 0 Å². The number of likely N-dealkylation sites (N-methyl/N-ethyl adjacent to an activating group) is 1. The van der Waals surface area contributed by atoms with Gasteiger partial charge in [-0.05, 0) is 64.0 Å². The van der Waals surface area contributed by atoms with Gasteiger partial charge in [-0.1, -0.05) is 19.1 Å². The number of imide groups is 1. The highest BCUT2D eigenvalue weighted by atomic mass is 16.5. The van der Waals surface area contributed by atoms with Crippen molar-refractivity contribution in [3.63, 3.8) is 0 Å². The first-order valence-corrected chi connectivity index (χ1v) is 10.2. The summed E-state index contributed by atoms with van der Waals surface area (Å²) < 4.78 is 5.52. The fraction of sp³-hybridized carbons (Fsp3) is 0.545. The van der Waals surface area contributed by atoms with E-state index in [9.17, 15) is 9.59 Å². The third-order valence-corrected chi connectivity index (χ3v) is 5.63. The minimum atomic E-state index is -0.189. The van der Waals surface area contributed by atoms with Gasteiger partial charge in [0, 0.05) is 19.6 Å². The van der Waals surface area contributed by atoms with Crippen molar-refractivity contribution in [2.24, 2.45) is 0 Å². The van der Waals surface area contributed by atoms with Crippen LogP contribution in [0.15, 0.2) is 30.0 Å². The van der Waals surface area contributed by atoms with E-state index >= 15 is 0 Å². The maximum absolute atomic E-state index is 13.2. The zero-order valence-corrected chi connectivity index (χ0v) is 17.4. The summed E-state index contributed by atoms with van der Waals surface area (Å²) in [5, 5.41) is 0. The predicted octanol–water partition coefficient (Wildman–Crippen LogP) is 2.60. The van der Waals surface area contributed by atoms with E-state index in [-0.39, 0.29) is 17.9 Å². The Balaban J connectivity index is 1.98. The van der Waals surface area contributed by atoms with Crippen molar-refractivity contribution in [2.45, 2.75) is 39.2 Å². The first-order valence-electron chi connectivity index (χ1n) is 10.2. The van der Waals surface area contributed by atoms with E-state index in [4.69, 9.17) is 4.74 Å². The molecule has 152 valence electrons. The minimum Gasteiger partial charge on any atom is -0.494 e. The molecule has 2 heterocycles. The Hall–Kier alpha value is -2.34. The lowest BCUT2D eigenvalue weighted by Crippen LogP contribution is -2.43. The highest BCUT2D eigenvalue weighted by Crippen LogP contribution is 2.34. The van der Waals surface area contributed by atoms with Crippen LogP contribution < -0.4 is 4.74 Å². The summed E-state index contributed by atoms with van der Waals surface area (Å²) in [6.45, 7) is 6.96. The summed E-state index contributed by atoms with van der Waals surface area (Å²) >= 11 is 0. The van der Waals surface area contributed by atoms with Gasteiger partial charge in [0.15, 0.2) is 0 Å². The minimum absolute atomic E-state index is 0.169. The molecule has 0 bridgehead atoms. The van der Waals surface area contributed by atoms with Crippen molar-refractivity contribution >= 4 is 17.4 Å². The Kier molecular flexibility index (Phi) is 6.39. The quantitative estimate of drug-likeness (QED) is 0.676. The van der Waals surface area contributed by atoms with Crippen molar-refractivity contribution < 1.29 is 14.3 Å². The van der Waals surface area contributed by atoms with Gasteiger partial charge in [0.05, 0.1) is 12.2 Å².